The molecule has 2 nitrogen and oxygen atoms in total. The monoisotopic (exact) mass is 322 g/mol. The van der Waals surface area contributed by atoms with Crippen molar-refractivity contribution >= 4 is 0 Å². The normalized spacial score (nSPS) is 13.1. The van der Waals surface area contributed by atoms with Crippen molar-refractivity contribution < 1.29 is 13.2 Å². The molecule has 1 atom stereocenters. The van der Waals surface area contributed by atoms with Crippen LogP contribution < -0.4 is 11.5 Å². The highest BCUT2D eigenvalue weighted by Crippen LogP contribution is 2.31. The molecule has 0 aromatic heterocycles. The van der Waals surface area contributed by atoms with Gasteiger partial charge in [-0.1, -0.05) is 42.8 Å². The summed E-state index contributed by atoms with van der Waals surface area (Å²) in [4.78, 5) is 0. The van der Waals surface area contributed by atoms with Gasteiger partial charge in [-0.15, -0.1) is 0 Å². The molecule has 0 unspecified atom stereocenters. The van der Waals surface area contributed by atoms with Crippen molar-refractivity contribution in [3.63, 3.8) is 0 Å². The van der Waals surface area contributed by atoms with Gasteiger partial charge in [0, 0.05) is 6.04 Å². The number of hydrogen-bond donors (Lipinski definition) is 2. The average molecular weight is 322 g/mol. The van der Waals surface area contributed by atoms with Gasteiger partial charge in [0.15, 0.2) is 0 Å². The summed E-state index contributed by atoms with van der Waals surface area (Å²) in [6.07, 6.45) is -1.49. The van der Waals surface area contributed by atoms with Gasteiger partial charge in [0.2, 0.25) is 0 Å². The molecule has 0 amide bonds. The second-order valence-electron chi connectivity index (χ2n) is 5.59. The predicted molar refractivity (Wildman–Crippen MR) is 86.7 cm³/mol. The van der Waals surface area contributed by atoms with Crippen molar-refractivity contribution in [1.82, 2.24) is 0 Å². The Balaban J connectivity index is 2.07. The zero-order valence-electron chi connectivity index (χ0n) is 12.8. The SMILES string of the molecule is NCCCC[C@H](N)c1ccc(-c2ccc(C(F)(F)F)cc2)cc1. The quantitative estimate of drug-likeness (QED) is 0.769. The Hall–Kier alpha value is -1.85. The summed E-state index contributed by atoms with van der Waals surface area (Å²) >= 11 is 0. The maximum atomic E-state index is 12.6. The fraction of sp³-hybridized carbons (Fsp3) is 0.333. The van der Waals surface area contributed by atoms with Crippen LogP contribution in [0.15, 0.2) is 48.5 Å². The molecule has 0 fully saturated rings. The molecule has 0 heterocycles. The second-order valence-corrected chi connectivity index (χ2v) is 5.59. The minimum Gasteiger partial charge on any atom is -0.330 e. The Morgan fingerprint density at radius 1 is 0.826 bits per heavy atom. The molecule has 0 aliphatic heterocycles. The Kier molecular flexibility index (Phi) is 5.80. The van der Waals surface area contributed by atoms with Crippen LogP contribution in [0.3, 0.4) is 0 Å². The minimum atomic E-state index is -4.31. The molecular formula is C18H21F3N2. The van der Waals surface area contributed by atoms with Gasteiger partial charge in [-0.2, -0.15) is 13.2 Å². The molecule has 0 spiro atoms. The Morgan fingerprint density at radius 3 is 1.83 bits per heavy atom. The zero-order chi connectivity index (χ0) is 16.9. The highest BCUT2D eigenvalue weighted by molar-refractivity contribution is 5.64. The van der Waals surface area contributed by atoms with Gasteiger partial charge in [-0.3, -0.25) is 0 Å². The number of alkyl halides is 3. The van der Waals surface area contributed by atoms with E-state index in [2.05, 4.69) is 0 Å². The fourth-order valence-corrected chi connectivity index (χ4v) is 2.45. The van der Waals surface area contributed by atoms with Crippen LogP contribution >= 0.6 is 0 Å². The largest absolute Gasteiger partial charge is 0.416 e. The lowest BCUT2D eigenvalue weighted by Gasteiger charge is -2.13. The Bertz CT molecular complexity index is 604. The third kappa shape index (κ3) is 4.81. The highest BCUT2D eigenvalue weighted by Gasteiger charge is 2.29. The van der Waals surface area contributed by atoms with Crippen LogP contribution in [0.25, 0.3) is 11.1 Å². The van der Waals surface area contributed by atoms with E-state index >= 15 is 0 Å². The molecule has 2 rings (SSSR count). The summed E-state index contributed by atoms with van der Waals surface area (Å²) in [6, 6.07) is 12.8. The summed E-state index contributed by atoms with van der Waals surface area (Å²) in [5, 5.41) is 0. The van der Waals surface area contributed by atoms with E-state index in [0.717, 1.165) is 48.1 Å². The van der Waals surface area contributed by atoms with Crippen molar-refractivity contribution in [2.45, 2.75) is 31.5 Å². The van der Waals surface area contributed by atoms with Gasteiger partial charge in [-0.25, -0.2) is 0 Å². The van der Waals surface area contributed by atoms with E-state index in [9.17, 15) is 13.2 Å². The summed E-state index contributed by atoms with van der Waals surface area (Å²) in [5.41, 5.74) is 13.6. The van der Waals surface area contributed by atoms with Gasteiger partial charge in [0.25, 0.3) is 0 Å². The smallest absolute Gasteiger partial charge is 0.330 e. The first-order chi connectivity index (χ1) is 10.9. The van der Waals surface area contributed by atoms with Crippen LogP contribution in [0, 0.1) is 0 Å². The molecule has 124 valence electrons. The first-order valence-corrected chi connectivity index (χ1v) is 7.65. The van der Waals surface area contributed by atoms with E-state index in [1.807, 2.05) is 24.3 Å². The lowest BCUT2D eigenvalue weighted by Crippen LogP contribution is -2.11. The average Bonchev–Trinajstić information content (AvgIpc) is 2.54. The van der Waals surface area contributed by atoms with E-state index in [-0.39, 0.29) is 6.04 Å². The number of unbranched alkanes of at least 4 members (excludes halogenated alkanes) is 1. The molecule has 0 aliphatic rings. The third-order valence-corrected chi connectivity index (χ3v) is 3.85. The number of benzene rings is 2. The maximum absolute atomic E-state index is 12.6. The first kappa shape index (κ1) is 17.5. The van der Waals surface area contributed by atoms with Crippen molar-refractivity contribution in [3.8, 4) is 11.1 Å². The van der Waals surface area contributed by atoms with Gasteiger partial charge in [0.05, 0.1) is 5.56 Å². The van der Waals surface area contributed by atoms with Crippen LogP contribution in [-0.4, -0.2) is 6.54 Å². The lowest BCUT2D eigenvalue weighted by molar-refractivity contribution is -0.137. The van der Waals surface area contributed by atoms with Crippen molar-refractivity contribution in [2.75, 3.05) is 6.54 Å². The topological polar surface area (TPSA) is 52.0 Å². The molecule has 0 radical (unpaired) electrons. The standard InChI is InChI=1S/C18H21F3N2/c19-18(20,21)16-10-8-14(9-11-16)13-4-6-15(7-5-13)17(23)3-1-2-12-22/h4-11,17H,1-3,12,22-23H2/t17-/m0/s1. The number of hydrogen-bond acceptors (Lipinski definition) is 2. The second kappa shape index (κ2) is 7.62. The predicted octanol–water partition coefficient (Wildman–Crippen LogP) is 4.50. The van der Waals surface area contributed by atoms with E-state index in [4.69, 9.17) is 11.5 Å². The van der Waals surface area contributed by atoms with Gasteiger partial charge in [-0.05, 0) is 48.2 Å². The first-order valence-electron chi connectivity index (χ1n) is 7.65. The van der Waals surface area contributed by atoms with E-state index in [1.165, 1.54) is 12.1 Å². The Morgan fingerprint density at radius 2 is 1.35 bits per heavy atom. The number of rotatable bonds is 6. The van der Waals surface area contributed by atoms with E-state index in [1.54, 1.807) is 0 Å². The Labute approximate surface area is 134 Å². The molecule has 0 bridgehead atoms. The van der Waals surface area contributed by atoms with Gasteiger partial charge >= 0.3 is 6.18 Å². The molecule has 2 aromatic carbocycles. The summed E-state index contributed by atoms with van der Waals surface area (Å²) in [6.45, 7) is 0.666. The van der Waals surface area contributed by atoms with Crippen molar-refractivity contribution in [2.24, 2.45) is 11.5 Å². The van der Waals surface area contributed by atoms with Crippen LogP contribution in [0.4, 0.5) is 13.2 Å². The maximum Gasteiger partial charge on any atom is 0.416 e. The molecule has 0 saturated carbocycles. The van der Waals surface area contributed by atoms with Gasteiger partial charge < -0.3 is 11.5 Å². The van der Waals surface area contributed by atoms with Crippen molar-refractivity contribution in [1.29, 1.82) is 0 Å². The molecule has 4 N–H and O–H groups in total. The third-order valence-electron chi connectivity index (χ3n) is 3.85. The molecule has 0 aliphatic carbocycles. The minimum absolute atomic E-state index is 0.0387. The van der Waals surface area contributed by atoms with Crippen LogP contribution in [0.5, 0.6) is 0 Å². The fourth-order valence-electron chi connectivity index (χ4n) is 2.45. The molecule has 2 aromatic rings. The number of halogens is 3. The number of nitrogens with two attached hydrogens (primary N) is 2. The molecule has 23 heavy (non-hydrogen) atoms. The van der Waals surface area contributed by atoms with Gasteiger partial charge in [0.1, 0.15) is 0 Å². The van der Waals surface area contributed by atoms with Crippen LogP contribution in [0.1, 0.15) is 36.4 Å². The molecule has 0 saturated heterocycles. The summed E-state index contributed by atoms with van der Waals surface area (Å²) < 4.78 is 37.7. The van der Waals surface area contributed by atoms with Crippen LogP contribution in [-0.2, 0) is 6.18 Å². The summed E-state index contributed by atoms with van der Waals surface area (Å²) in [7, 11) is 0. The summed E-state index contributed by atoms with van der Waals surface area (Å²) in [5.74, 6) is 0. The van der Waals surface area contributed by atoms with E-state index < -0.39 is 11.7 Å². The highest BCUT2D eigenvalue weighted by atomic mass is 19.4. The van der Waals surface area contributed by atoms with Crippen LogP contribution in [0.2, 0.25) is 0 Å². The van der Waals surface area contributed by atoms with Crippen molar-refractivity contribution in [3.05, 3.63) is 59.7 Å². The lowest BCUT2D eigenvalue weighted by atomic mass is 9.98. The molecule has 5 heteroatoms. The zero-order valence-corrected chi connectivity index (χ0v) is 12.8. The molecular weight excluding hydrogens is 301 g/mol. The van der Waals surface area contributed by atoms with E-state index in [0.29, 0.717) is 6.54 Å².